The van der Waals surface area contributed by atoms with Crippen LogP contribution in [0.4, 0.5) is 0 Å². The van der Waals surface area contributed by atoms with E-state index in [1.807, 2.05) is 6.92 Å². The Morgan fingerprint density at radius 1 is 1.07 bits per heavy atom. The highest BCUT2D eigenvalue weighted by Gasteiger charge is 2.16. The van der Waals surface area contributed by atoms with Gasteiger partial charge < -0.3 is 9.30 Å². The van der Waals surface area contributed by atoms with Crippen molar-refractivity contribution >= 4 is 21.8 Å². The second-order valence-electron chi connectivity index (χ2n) is 6.23. The third-order valence-corrected chi connectivity index (χ3v) is 5.78. The van der Waals surface area contributed by atoms with Crippen LogP contribution < -0.4 is 4.72 Å². The molecule has 146 valence electrons. The molecule has 2 rings (SSSR count). The van der Waals surface area contributed by atoms with E-state index in [1.54, 1.807) is 48.0 Å². The quantitative estimate of drug-likeness (QED) is 0.520. The summed E-state index contributed by atoms with van der Waals surface area (Å²) in [7, 11) is -0.540. The molecule has 0 aliphatic rings. The molecule has 0 atom stereocenters. The van der Waals surface area contributed by atoms with E-state index in [9.17, 15) is 18.0 Å². The molecule has 0 radical (unpaired) electrons. The van der Waals surface area contributed by atoms with Gasteiger partial charge in [-0.2, -0.15) is 0 Å². The average Bonchev–Trinajstić information content (AvgIpc) is 3.00. The Morgan fingerprint density at radius 2 is 1.74 bits per heavy atom. The van der Waals surface area contributed by atoms with Crippen molar-refractivity contribution in [3.63, 3.8) is 0 Å². The Balaban J connectivity index is 1.95. The number of aryl methyl sites for hydroxylation is 1. The van der Waals surface area contributed by atoms with Crippen LogP contribution in [0.25, 0.3) is 0 Å². The maximum Gasteiger partial charge on any atom is 0.305 e. The number of hydrogen-bond acceptors (Lipinski definition) is 5. The molecule has 2 aromatic rings. The molecule has 27 heavy (non-hydrogen) atoms. The molecule has 0 aliphatic heterocycles. The van der Waals surface area contributed by atoms with Crippen molar-refractivity contribution in [3.8, 4) is 0 Å². The third kappa shape index (κ3) is 5.51. The summed E-state index contributed by atoms with van der Waals surface area (Å²) in [5, 5.41) is 0. The molecular formula is C19H24N2O5S. The van der Waals surface area contributed by atoms with Crippen LogP contribution in [0.2, 0.25) is 0 Å². The van der Waals surface area contributed by atoms with Gasteiger partial charge in [0.2, 0.25) is 10.0 Å². The van der Waals surface area contributed by atoms with Gasteiger partial charge in [-0.25, -0.2) is 13.1 Å². The van der Waals surface area contributed by atoms with E-state index in [0.29, 0.717) is 12.1 Å². The topological polar surface area (TPSA) is 94.5 Å². The van der Waals surface area contributed by atoms with Gasteiger partial charge in [-0.05, 0) is 31.2 Å². The Hall–Kier alpha value is -2.45. The summed E-state index contributed by atoms with van der Waals surface area (Å²) < 4.78 is 33.4. The number of nitrogens with zero attached hydrogens (tertiary/aromatic N) is 1. The van der Waals surface area contributed by atoms with Gasteiger partial charge in [-0.3, -0.25) is 9.59 Å². The summed E-state index contributed by atoms with van der Waals surface area (Å²) >= 11 is 0. The molecule has 0 fully saturated rings. The molecule has 0 aliphatic carbocycles. The summed E-state index contributed by atoms with van der Waals surface area (Å²) in [5.74, 6) is -0.585. The number of aromatic nitrogens is 1. The molecule has 0 saturated heterocycles. The van der Waals surface area contributed by atoms with Gasteiger partial charge in [-0.1, -0.05) is 17.7 Å². The van der Waals surface area contributed by atoms with Gasteiger partial charge in [0.05, 0.1) is 24.1 Å². The summed E-state index contributed by atoms with van der Waals surface area (Å²) in [6, 6.07) is 10.1. The molecule has 1 aromatic carbocycles. The Morgan fingerprint density at radius 3 is 2.37 bits per heavy atom. The van der Waals surface area contributed by atoms with Crippen LogP contribution in [0, 0.1) is 6.92 Å². The van der Waals surface area contributed by atoms with Crippen molar-refractivity contribution in [2.45, 2.75) is 31.1 Å². The van der Waals surface area contributed by atoms with Crippen LogP contribution in [0.1, 0.15) is 34.6 Å². The van der Waals surface area contributed by atoms with E-state index in [2.05, 4.69) is 9.46 Å². The zero-order valence-corrected chi connectivity index (χ0v) is 16.5. The highest BCUT2D eigenvalue weighted by Crippen LogP contribution is 2.13. The Bertz CT molecular complexity index is 914. The molecule has 0 unspecified atom stereocenters. The van der Waals surface area contributed by atoms with Crippen LogP contribution in [0.3, 0.4) is 0 Å². The molecule has 1 N–H and O–H groups in total. The van der Waals surface area contributed by atoms with Crippen LogP contribution in [0.15, 0.2) is 41.3 Å². The first-order valence-electron chi connectivity index (χ1n) is 8.55. The lowest BCUT2D eigenvalue weighted by molar-refractivity contribution is -0.140. The Kier molecular flexibility index (Phi) is 6.92. The number of carbonyl (C=O) groups excluding carboxylic acids is 2. The number of benzene rings is 1. The molecule has 0 saturated carbocycles. The maximum atomic E-state index is 12.3. The summed E-state index contributed by atoms with van der Waals surface area (Å²) in [5.41, 5.74) is 2.29. The number of carbonyl (C=O) groups is 2. The standard InChI is InChI=1S/C19H24N2O5S/c1-14-4-7-16(8-5-14)27(24,25)20-13-12-15-6-9-17(21(15)2)18(22)10-11-19(23)26-3/h4-9,20H,10-13H2,1-3H3. The number of hydrogen-bond donors (Lipinski definition) is 1. The van der Waals surface area contributed by atoms with Crippen LogP contribution in [-0.4, -0.2) is 38.4 Å². The number of ether oxygens (including phenoxy) is 1. The fourth-order valence-electron chi connectivity index (χ4n) is 2.64. The molecule has 0 spiro atoms. The summed E-state index contributed by atoms with van der Waals surface area (Å²) in [6.07, 6.45) is 0.544. The number of nitrogens with one attached hydrogen (secondary N) is 1. The molecule has 1 heterocycles. The lowest BCUT2D eigenvalue weighted by atomic mass is 10.2. The molecule has 0 amide bonds. The minimum Gasteiger partial charge on any atom is -0.469 e. The van der Waals surface area contributed by atoms with E-state index < -0.39 is 16.0 Å². The fraction of sp³-hybridized carbons (Fsp3) is 0.368. The number of Topliss-reactive ketones (excluding diaryl/α,β-unsaturated/α-hetero) is 1. The average molecular weight is 392 g/mol. The predicted molar refractivity (Wildman–Crippen MR) is 101 cm³/mol. The SMILES string of the molecule is COC(=O)CCC(=O)c1ccc(CCNS(=O)(=O)c2ccc(C)cc2)n1C. The minimum absolute atomic E-state index is 0.0339. The molecular weight excluding hydrogens is 368 g/mol. The van der Waals surface area contributed by atoms with Crippen molar-refractivity contribution in [2.75, 3.05) is 13.7 Å². The van der Waals surface area contributed by atoms with Crippen molar-refractivity contribution in [2.24, 2.45) is 7.05 Å². The van der Waals surface area contributed by atoms with Crippen molar-refractivity contribution in [1.82, 2.24) is 9.29 Å². The number of methoxy groups -OCH3 is 1. The predicted octanol–water partition coefficient (Wildman–Crippen LogP) is 1.99. The summed E-state index contributed by atoms with van der Waals surface area (Å²) in [6.45, 7) is 2.10. The number of ketones is 1. The van der Waals surface area contributed by atoms with E-state index in [4.69, 9.17) is 0 Å². The fourth-order valence-corrected chi connectivity index (χ4v) is 3.68. The van der Waals surface area contributed by atoms with Gasteiger partial charge >= 0.3 is 5.97 Å². The molecule has 1 aromatic heterocycles. The second-order valence-corrected chi connectivity index (χ2v) is 8.00. The first kappa shape index (κ1) is 20.9. The molecule has 7 nitrogen and oxygen atoms in total. The molecule has 0 bridgehead atoms. The maximum absolute atomic E-state index is 12.3. The Labute approximate surface area is 159 Å². The van der Waals surface area contributed by atoms with Crippen LogP contribution in [-0.2, 0) is 33.0 Å². The second kappa shape index (κ2) is 8.96. The van der Waals surface area contributed by atoms with E-state index in [-0.39, 0.29) is 30.1 Å². The van der Waals surface area contributed by atoms with Crippen molar-refractivity contribution < 1.29 is 22.7 Å². The normalized spacial score (nSPS) is 11.4. The van der Waals surface area contributed by atoms with Crippen molar-refractivity contribution in [3.05, 3.63) is 53.3 Å². The van der Waals surface area contributed by atoms with Crippen LogP contribution >= 0.6 is 0 Å². The highest BCUT2D eigenvalue weighted by molar-refractivity contribution is 7.89. The van der Waals surface area contributed by atoms with Gasteiger partial charge in [-0.15, -0.1) is 0 Å². The van der Waals surface area contributed by atoms with E-state index in [1.165, 1.54) is 7.11 Å². The van der Waals surface area contributed by atoms with E-state index >= 15 is 0 Å². The van der Waals surface area contributed by atoms with Crippen LogP contribution in [0.5, 0.6) is 0 Å². The lowest BCUT2D eigenvalue weighted by Crippen LogP contribution is -2.26. The highest BCUT2D eigenvalue weighted by atomic mass is 32.2. The zero-order valence-electron chi connectivity index (χ0n) is 15.7. The number of esters is 1. The number of rotatable bonds is 9. The monoisotopic (exact) mass is 392 g/mol. The first-order chi connectivity index (χ1) is 12.7. The van der Waals surface area contributed by atoms with Gasteiger partial charge in [0.15, 0.2) is 5.78 Å². The third-order valence-electron chi connectivity index (χ3n) is 4.30. The lowest BCUT2D eigenvalue weighted by Gasteiger charge is -2.09. The zero-order chi connectivity index (χ0) is 20.0. The minimum atomic E-state index is -3.57. The molecule has 8 heteroatoms. The largest absolute Gasteiger partial charge is 0.469 e. The summed E-state index contributed by atoms with van der Waals surface area (Å²) in [4.78, 5) is 23.6. The van der Waals surface area contributed by atoms with Gasteiger partial charge in [0.1, 0.15) is 0 Å². The number of sulfonamides is 1. The van der Waals surface area contributed by atoms with Gasteiger partial charge in [0.25, 0.3) is 0 Å². The van der Waals surface area contributed by atoms with Gasteiger partial charge in [0, 0.05) is 32.1 Å². The van der Waals surface area contributed by atoms with Crippen molar-refractivity contribution in [1.29, 1.82) is 0 Å². The smallest absolute Gasteiger partial charge is 0.305 e. The first-order valence-corrected chi connectivity index (χ1v) is 10.0. The van der Waals surface area contributed by atoms with E-state index in [0.717, 1.165) is 11.3 Å².